The Balaban J connectivity index is 2.34. The molecular weight excluding hydrogens is 250 g/mol. The summed E-state index contributed by atoms with van der Waals surface area (Å²) >= 11 is 0. The van der Waals surface area contributed by atoms with Gasteiger partial charge in [-0.25, -0.2) is 4.79 Å². The molecule has 110 valence electrons. The van der Waals surface area contributed by atoms with Crippen LogP contribution in [0, 0.1) is 18.8 Å². The summed E-state index contributed by atoms with van der Waals surface area (Å²) in [5.74, 6) is 0.660. The van der Waals surface area contributed by atoms with E-state index in [9.17, 15) is 4.79 Å². The highest BCUT2D eigenvalue weighted by atomic mass is 16.5. The molecule has 20 heavy (non-hydrogen) atoms. The van der Waals surface area contributed by atoms with Crippen LogP contribution in [0.2, 0.25) is 0 Å². The van der Waals surface area contributed by atoms with Crippen molar-refractivity contribution in [1.82, 2.24) is 0 Å². The Labute approximate surface area is 121 Å². The summed E-state index contributed by atoms with van der Waals surface area (Å²) in [7, 11) is 1.48. The van der Waals surface area contributed by atoms with Crippen molar-refractivity contribution in [1.29, 1.82) is 0 Å². The third-order valence-corrected chi connectivity index (χ3v) is 4.54. The molecule has 0 aromatic heterocycles. The second-order valence-corrected chi connectivity index (χ2v) is 6.25. The Kier molecular flexibility index (Phi) is 4.36. The lowest BCUT2D eigenvalue weighted by molar-refractivity contribution is -0.150. The molecule has 1 aliphatic rings. The van der Waals surface area contributed by atoms with E-state index in [4.69, 9.17) is 4.74 Å². The van der Waals surface area contributed by atoms with Gasteiger partial charge in [0.05, 0.1) is 7.11 Å². The van der Waals surface area contributed by atoms with E-state index >= 15 is 0 Å². The van der Waals surface area contributed by atoms with Crippen LogP contribution in [0.15, 0.2) is 24.3 Å². The minimum atomic E-state index is -0.597. The van der Waals surface area contributed by atoms with Gasteiger partial charge < -0.3 is 10.1 Å². The van der Waals surface area contributed by atoms with Gasteiger partial charge in [0.25, 0.3) is 0 Å². The second-order valence-electron chi connectivity index (χ2n) is 6.25. The van der Waals surface area contributed by atoms with Crippen molar-refractivity contribution in [3.8, 4) is 0 Å². The third-order valence-electron chi connectivity index (χ3n) is 4.54. The smallest absolute Gasteiger partial charge is 0.331 e. The first-order valence-corrected chi connectivity index (χ1v) is 7.41. The molecule has 1 aromatic rings. The van der Waals surface area contributed by atoms with E-state index in [0.29, 0.717) is 5.92 Å². The number of aryl methyl sites for hydroxylation is 1. The van der Waals surface area contributed by atoms with Crippen LogP contribution in [0.1, 0.15) is 38.7 Å². The predicted octanol–water partition coefficient (Wildman–Crippen LogP) is 3.77. The van der Waals surface area contributed by atoms with Crippen molar-refractivity contribution < 1.29 is 9.53 Å². The number of anilines is 1. The van der Waals surface area contributed by atoms with E-state index < -0.39 is 5.54 Å². The number of esters is 1. The minimum absolute atomic E-state index is 0.141. The Morgan fingerprint density at radius 3 is 2.75 bits per heavy atom. The van der Waals surface area contributed by atoms with Gasteiger partial charge in [-0.2, -0.15) is 0 Å². The standard InChI is InChI=1S/C17H25NO2/c1-12-6-5-7-15(10-12)18-17(16(19)20-4)11-13(2)8-9-14(17)3/h5-7,10,13-14,18H,8-9,11H2,1-4H3. The molecule has 0 saturated heterocycles. The van der Waals surface area contributed by atoms with Crippen molar-refractivity contribution in [2.75, 3.05) is 12.4 Å². The van der Waals surface area contributed by atoms with Crippen LogP contribution in [0.5, 0.6) is 0 Å². The molecule has 3 nitrogen and oxygen atoms in total. The van der Waals surface area contributed by atoms with E-state index in [1.165, 1.54) is 19.1 Å². The van der Waals surface area contributed by atoms with Gasteiger partial charge in [-0.05, 0) is 49.3 Å². The Morgan fingerprint density at radius 2 is 2.10 bits per heavy atom. The maximum Gasteiger partial charge on any atom is 0.331 e. The van der Waals surface area contributed by atoms with Crippen LogP contribution in [-0.4, -0.2) is 18.6 Å². The highest BCUT2D eigenvalue weighted by molar-refractivity contribution is 5.85. The number of ether oxygens (including phenoxy) is 1. The lowest BCUT2D eigenvalue weighted by Gasteiger charge is -2.43. The van der Waals surface area contributed by atoms with E-state index in [-0.39, 0.29) is 11.9 Å². The molecule has 0 radical (unpaired) electrons. The van der Waals surface area contributed by atoms with Crippen molar-refractivity contribution in [2.24, 2.45) is 11.8 Å². The van der Waals surface area contributed by atoms with Gasteiger partial charge in [-0.1, -0.05) is 32.4 Å². The van der Waals surface area contributed by atoms with E-state index in [1.54, 1.807) is 0 Å². The van der Waals surface area contributed by atoms with E-state index in [1.807, 2.05) is 12.1 Å². The van der Waals surface area contributed by atoms with Crippen LogP contribution in [-0.2, 0) is 9.53 Å². The van der Waals surface area contributed by atoms with Gasteiger partial charge >= 0.3 is 5.97 Å². The van der Waals surface area contributed by atoms with Crippen LogP contribution < -0.4 is 5.32 Å². The van der Waals surface area contributed by atoms with Crippen LogP contribution in [0.4, 0.5) is 5.69 Å². The molecule has 0 spiro atoms. The molecule has 0 amide bonds. The fourth-order valence-corrected chi connectivity index (χ4v) is 3.31. The summed E-state index contributed by atoms with van der Waals surface area (Å²) < 4.78 is 5.11. The number of benzene rings is 1. The fourth-order valence-electron chi connectivity index (χ4n) is 3.31. The Morgan fingerprint density at radius 1 is 1.35 bits per heavy atom. The lowest BCUT2D eigenvalue weighted by Crippen LogP contribution is -2.55. The van der Waals surface area contributed by atoms with Crippen molar-refractivity contribution in [3.63, 3.8) is 0 Å². The summed E-state index contributed by atoms with van der Waals surface area (Å²) in [6.45, 7) is 6.41. The molecule has 2 rings (SSSR count). The molecule has 0 heterocycles. The van der Waals surface area contributed by atoms with Gasteiger partial charge in [-0.3, -0.25) is 0 Å². The highest BCUT2D eigenvalue weighted by Crippen LogP contribution is 2.40. The van der Waals surface area contributed by atoms with Gasteiger partial charge in [0, 0.05) is 5.69 Å². The van der Waals surface area contributed by atoms with E-state index in [2.05, 4.69) is 38.2 Å². The SMILES string of the molecule is COC(=O)C1(Nc2cccc(C)c2)CC(C)CCC1C. The number of methoxy groups -OCH3 is 1. The van der Waals surface area contributed by atoms with Crippen molar-refractivity contribution >= 4 is 11.7 Å². The summed E-state index contributed by atoms with van der Waals surface area (Å²) in [5.41, 5.74) is 1.59. The van der Waals surface area contributed by atoms with Crippen LogP contribution >= 0.6 is 0 Å². The molecule has 1 aromatic carbocycles. The summed E-state index contributed by atoms with van der Waals surface area (Å²) in [6, 6.07) is 8.17. The molecule has 3 heteroatoms. The number of carbonyl (C=O) groups is 1. The van der Waals surface area contributed by atoms with Crippen molar-refractivity contribution in [3.05, 3.63) is 29.8 Å². The number of carbonyl (C=O) groups excluding carboxylic acids is 1. The summed E-state index contributed by atoms with van der Waals surface area (Å²) in [5, 5.41) is 3.49. The first kappa shape index (κ1) is 14.9. The predicted molar refractivity (Wildman–Crippen MR) is 81.7 cm³/mol. The first-order valence-electron chi connectivity index (χ1n) is 7.41. The maximum atomic E-state index is 12.4. The van der Waals surface area contributed by atoms with Gasteiger partial charge in [0.1, 0.15) is 5.54 Å². The molecule has 3 atom stereocenters. The largest absolute Gasteiger partial charge is 0.467 e. The van der Waals surface area contributed by atoms with Gasteiger partial charge in [0.2, 0.25) is 0 Å². The van der Waals surface area contributed by atoms with Crippen LogP contribution in [0.25, 0.3) is 0 Å². The molecule has 1 N–H and O–H groups in total. The number of nitrogens with one attached hydrogen (secondary N) is 1. The van der Waals surface area contributed by atoms with E-state index in [0.717, 1.165) is 18.5 Å². The molecule has 1 fully saturated rings. The zero-order chi connectivity index (χ0) is 14.8. The zero-order valence-electron chi connectivity index (χ0n) is 12.9. The normalized spacial score (nSPS) is 29.8. The maximum absolute atomic E-state index is 12.4. The summed E-state index contributed by atoms with van der Waals surface area (Å²) in [4.78, 5) is 12.4. The average Bonchev–Trinajstić information content (AvgIpc) is 2.42. The highest BCUT2D eigenvalue weighted by Gasteiger charge is 2.47. The minimum Gasteiger partial charge on any atom is -0.467 e. The number of rotatable bonds is 3. The van der Waals surface area contributed by atoms with Gasteiger partial charge in [-0.15, -0.1) is 0 Å². The molecular formula is C17H25NO2. The number of hydrogen-bond donors (Lipinski definition) is 1. The Bertz CT molecular complexity index is 486. The Hall–Kier alpha value is -1.51. The van der Waals surface area contributed by atoms with Gasteiger partial charge in [0.15, 0.2) is 0 Å². The molecule has 3 unspecified atom stereocenters. The molecule has 1 saturated carbocycles. The monoisotopic (exact) mass is 275 g/mol. The average molecular weight is 275 g/mol. The summed E-state index contributed by atoms with van der Waals surface area (Å²) in [6.07, 6.45) is 3.05. The quantitative estimate of drug-likeness (QED) is 0.853. The first-order chi connectivity index (χ1) is 9.48. The fraction of sp³-hybridized carbons (Fsp3) is 0.588. The van der Waals surface area contributed by atoms with Crippen LogP contribution in [0.3, 0.4) is 0 Å². The molecule has 1 aliphatic carbocycles. The number of hydrogen-bond acceptors (Lipinski definition) is 3. The van der Waals surface area contributed by atoms with Crippen molar-refractivity contribution in [2.45, 2.75) is 45.6 Å². The zero-order valence-corrected chi connectivity index (χ0v) is 12.9. The lowest BCUT2D eigenvalue weighted by atomic mass is 9.69. The topological polar surface area (TPSA) is 38.3 Å². The second kappa shape index (κ2) is 5.86. The third kappa shape index (κ3) is 2.82. The molecule has 0 bridgehead atoms. The molecule has 0 aliphatic heterocycles.